The lowest BCUT2D eigenvalue weighted by atomic mass is 10.1. The van der Waals surface area contributed by atoms with Gasteiger partial charge in [0, 0.05) is 35.4 Å². The summed E-state index contributed by atoms with van der Waals surface area (Å²) < 4.78 is 19.4. The van der Waals surface area contributed by atoms with Crippen LogP contribution in [0.1, 0.15) is 27.0 Å². The van der Waals surface area contributed by atoms with Crippen LogP contribution in [-0.4, -0.2) is 28.5 Å². The molecule has 0 fully saturated rings. The predicted molar refractivity (Wildman–Crippen MR) is 120 cm³/mol. The molecule has 1 aliphatic carbocycles. The van der Waals surface area contributed by atoms with Gasteiger partial charge in [0.2, 0.25) is 11.8 Å². The minimum Gasteiger partial charge on any atom is -0.439 e. The molecule has 0 saturated carbocycles. The summed E-state index contributed by atoms with van der Waals surface area (Å²) in [6.45, 7) is 0.821. The topological polar surface area (TPSA) is 93.0 Å². The number of benzene rings is 2. The summed E-state index contributed by atoms with van der Waals surface area (Å²) in [5, 5.41) is 4.57. The van der Waals surface area contributed by atoms with Gasteiger partial charge < -0.3 is 20.8 Å². The van der Waals surface area contributed by atoms with Crippen molar-refractivity contribution in [1.29, 1.82) is 0 Å². The van der Waals surface area contributed by atoms with Crippen LogP contribution in [0.2, 0.25) is 0 Å². The van der Waals surface area contributed by atoms with E-state index < -0.39 is 5.91 Å². The van der Waals surface area contributed by atoms with Crippen LogP contribution in [0.5, 0.6) is 11.6 Å². The third-order valence-electron chi connectivity index (χ3n) is 5.91. The number of amides is 1. The second-order valence-electron chi connectivity index (χ2n) is 8.10. The number of aromatic amines is 1. The van der Waals surface area contributed by atoms with Crippen LogP contribution in [0.4, 0.5) is 4.39 Å². The number of nitrogens with two attached hydrogens (primary N) is 1. The Hall–Kier alpha value is -3.71. The molecule has 1 unspecified atom stereocenters. The van der Waals surface area contributed by atoms with E-state index in [1.165, 1.54) is 23.4 Å². The van der Waals surface area contributed by atoms with Crippen molar-refractivity contribution in [2.45, 2.75) is 25.3 Å². The first-order valence-corrected chi connectivity index (χ1v) is 10.6. The highest BCUT2D eigenvalue weighted by Crippen LogP contribution is 2.29. The number of nitrogens with zero attached hydrogens (tertiary/aromatic N) is 1. The lowest BCUT2D eigenvalue weighted by Crippen LogP contribution is -2.31. The van der Waals surface area contributed by atoms with Crippen molar-refractivity contribution in [3.63, 3.8) is 0 Å². The number of fused-ring (bicyclic) bond motifs is 2. The molecule has 1 amide bonds. The first kappa shape index (κ1) is 20.2. The maximum Gasteiger partial charge on any atom is 0.250 e. The Balaban J connectivity index is 1.18. The van der Waals surface area contributed by atoms with Crippen molar-refractivity contribution in [2.75, 3.05) is 6.54 Å². The lowest BCUT2D eigenvalue weighted by molar-refractivity contribution is 0.1000. The Kier molecular flexibility index (Phi) is 5.33. The molecule has 1 atom stereocenters. The van der Waals surface area contributed by atoms with Crippen LogP contribution in [-0.2, 0) is 19.3 Å². The van der Waals surface area contributed by atoms with Gasteiger partial charge in [0.1, 0.15) is 11.6 Å². The third-order valence-corrected chi connectivity index (χ3v) is 5.91. The highest BCUT2D eigenvalue weighted by Gasteiger charge is 2.21. The van der Waals surface area contributed by atoms with Crippen LogP contribution >= 0.6 is 0 Å². The average molecular weight is 430 g/mol. The van der Waals surface area contributed by atoms with E-state index in [1.54, 1.807) is 24.3 Å². The molecule has 0 saturated heterocycles. The fourth-order valence-corrected chi connectivity index (χ4v) is 4.28. The average Bonchev–Trinajstić information content (AvgIpc) is 3.37. The molecule has 0 bridgehead atoms. The van der Waals surface area contributed by atoms with E-state index in [0.717, 1.165) is 42.3 Å². The number of aromatic nitrogens is 2. The molecule has 0 spiro atoms. The van der Waals surface area contributed by atoms with Gasteiger partial charge in [-0.25, -0.2) is 9.37 Å². The monoisotopic (exact) mass is 430 g/mol. The van der Waals surface area contributed by atoms with E-state index in [9.17, 15) is 9.18 Å². The molecule has 2 aromatic carbocycles. The molecule has 4 aromatic rings. The zero-order valence-electron chi connectivity index (χ0n) is 17.4. The Morgan fingerprint density at radius 3 is 2.84 bits per heavy atom. The highest BCUT2D eigenvalue weighted by atomic mass is 19.1. The van der Waals surface area contributed by atoms with Gasteiger partial charge in [0.05, 0.1) is 5.56 Å². The smallest absolute Gasteiger partial charge is 0.250 e. The minimum atomic E-state index is -0.517. The van der Waals surface area contributed by atoms with E-state index in [-0.39, 0.29) is 5.82 Å². The number of carbonyl (C=O) groups excluding carboxylic acids is 1. The number of ether oxygens (including phenoxy) is 1. The zero-order chi connectivity index (χ0) is 22.1. The number of carbonyl (C=O) groups is 1. The lowest BCUT2D eigenvalue weighted by Gasteiger charge is -2.11. The van der Waals surface area contributed by atoms with Gasteiger partial charge in [-0.1, -0.05) is 6.07 Å². The SMILES string of the molecule is NC(=O)c1ccc(Oc2ccc3c(c2)CC(NCCc2c[nH]c4ccc(F)cc24)C3)nc1. The second kappa shape index (κ2) is 8.43. The maximum atomic E-state index is 13.6. The van der Waals surface area contributed by atoms with Gasteiger partial charge in [-0.05, 0) is 78.9 Å². The number of hydrogen-bond donors (Lipinski definition) is 3. The number of nitrogens with one attached hydrogen (secondary N) is 2. The van der Waals surface area contributed by atoms with Crippen LogP contribution in [0.15, 0.2) is 60.9 Å². The van der Waals surface area contributed by atoms with Crippen LogP contribution in [0, 0.1) is 5.82 Å². The molecule has 32 heavy (non-hydrogen) atoms. The molecule has 0 radical (unpaired) electrons. The zero-order valence-corrected chi connectivity index (χ0v) is 17.4. The summed E-state index contributed by atoms with van der Waals surface area (Å²) in [5.74, 6) is 0.397. The first-order chi connectivity index (χ1) is 15.5. The van der Waals surface area contributed by atoms with Crippen molar-refractivity contribution in [3.8, 4) is 11.6 Å². The van der Waals surface area contributed by atoms with Crippen molar-refractivity contribution >= 4 is 16.8 Å². The standard InChI is InChI=1S/C25H23FN4O2/c26-19-3-5-23-22(12-19)16(13-29-23)7-8-28-20-9-15-1-4-21(11-18(15)10-20)32-24-6-2-17(14-30-24)25(27)31/h1-6,11-14,20,28-29H,7-10H2,(H2,27,31). The van der Waals surface area contributed by atoms with E-state index in [4.69, 9.17) is 10.5 Å². The molecule has 162 valence electrons. The molecule has 4 N–H and O–H groups in total. The first-order valence-electron chi connectivity index (χ1n) is 10.6. The van der Waals surface area contributed by atoms with Gasteiger partial charge >= 0.3 is 0 Å². The second-order valence-corrected chi connectivity index (χ2v) is 8.10. The fourth-order valence-electron chi connectivity index (χ4n) is 4.28. The number of halogens is 1. The highest BCUT2D eigenvalue weighted by molar-refractivity contribution is 5.92. The molecule has 7 heteroatoms. The van der Waals surface area contributed by atoms with Gasteiger partial charge in [-0.15, -0.1) is 0 Å². The molecule has 2 aromatic heterocycles. The van der Waals surface area contributed by atoms with Gasteiger partial charge in [0.15, 0.2) is 0 Å². The Labute approximate surface area is 184 Å². The summed E-state index contributed by atoms with van der Waals surface area (Å²) in [7, 11) is 0. The summed E-state index contributed by atoms with van der Waals surface area (Å²) in [5.41, 5.74) is 10.2. The summed E-state index contributed by atoms with van der Waals surface area (Å²) in [4.78, 5) is 18.5. The molecular formula is C25H23FN4O2. The quantitative estimate of drug-likeness (QED) is 0.415. The van der Waals surface area contributed by atoms with Crippen molar-refractivity contribution < 1.29 is 13.9 Å². The molecule has 2 heterocycles. The number of primary amides is 1. The van der Waals surface area contributed by atoms with Gasteiger partial charge in [0.25, 0.3) is 0 Å². The number of pyridine rings is 1. The summed E-state index contributed by atoms with van der Waals surface area (Å²) in [6.07, 6.45) is 6.08. The van der Waals surface area contributed by atoms with Crippen molar-refractivity contribution in [2.24, 2.45) is 5.73 Å². The van der Waals surface area contributed by atoms with Crippen LogP contribution in [0.3, 0.4) is 0 Å². The Morgan fingerprint density at radius 2 is 2.03 bits per heavy atom. The summed E-state index contributed by atoms with van der Waals surface area (Å²) in [6, 6.07) is 14.5. The van der Waals surface area contributed by atoms with Crippen molar-refractivity contribution in [3.05, 3.63) is 89.0 Å². The Bertz CT molecular complexity index is 1280. The maximum absolute atomic E-state index is 13.6. The minimum absolute atomic E-state index is 0.213. The van der Waals surface area contributed by atoms with E-state index in [2.05, 4.69) is 21.4 Å². The predicted octanol–water partition coefficient (Wildman–Crippen LogP) is 3.89. The normalized spacial score (nSPS) is 15.1. The number of rotatable bonds is 7. The van der Waals surface area contributed by atoms with Gasteiger partial charge in [-0.3, -0.25) is 4.79 Å². The third kappa shape index (κ3) is 4.20. The molecule has 5 rings (SSSR count). The largest absolute Gasteiger partial charge is 0.439 e. The Morgan fingerprint density at radius 1 is 1.16 bits per heavy atom. The van der Waals surface area contributed by atoms with E-state index in [0.29, 0.717) is 23.2 Å². The van der Waals surface area contributed by atoms with Crippen molar-refractivity contribution in [1.82, 2.24) is 15.3 Å². The number of hydrogen-bond acceptors (Lipinski definition) is 4. The molecule has 0 aliphatic heterocycles. The van der Waals surface area contributed by atoms with Crippen LogP contribution in [0.25, 0.3) is 10.9 Å². The van der Waals surface area contributed by atoms with Gasteiger partial charge in [-0.2, -0.15) is 0 Å². The summed E-state index contributed by atoms with van der Waals surface area (Å²) >= 11 is 0. The van der Waals surface area contributed by atoms with E-state index in [1.807, 2.05) is 18.3 Å². The molecule has 6 nitrogen and oxygen atoms in total. The molecule has 1 aliphatic rings. The number of H-pyrrole nitrogens is 1. The molecular weight excluding hydrogens is 407 g/mol. The fraction of sp³-hybridized carbons (Fsp3) is 0.200. The van der Waals surface area contributed by atoms with Crippen LogP contribution < -0.4 is 15.8 Å². The van der Waals surface area contributed by atoms with E-state index >= 15 is 0 Å².